The average Bonchev–Trinajstić information content (AvgIpc) is 3.43. The number of carbonyl (C=O) groups excluding carboxylic acids is 1. The number of aliphatic hydroxyl groups excluding tert-OH is 1. The van der Waals surface area contributed by atoms with Crippen LogP contribution in [0.4, 0.5) is 0 Å². The fraction of sp³-hybridized carbons (Fsp3) is 0.351. The van der Waals surface area contributed by atoms with Crippen LogP contribution >= 0.6 is 0 Å². The van der Waals surface area contributed by atoms with Crippen LogP contribution in [0.15, 0.2) is 187 Å². The van der Waals surface area contributed by atoms with Crippen molar-refractivity contribution in [2.75, 3.05) is 26.4 Å². The van der Waals surface area contributed by atoms with Crippen molar-refractivity contribution in [3.8, 4) is 0 Å². The molecule has 0 radical (unpaired) electrons. The third-order valence-corrected chi connectivity index (χ3v) is 12.2. The summed E-state index contributed by atoms with van der Waals surface area (Å²) >= 11 is 0. The number of esters is 1. The van der Waals surface area contributed by atoms with Gasteiger partial charge in [0.1, 0.15) is 55.4 Å². The number of ether oxygens (including phenoxy) is 10. The summed E-state index contributed by atoms with van der Waals surface area (Å²) in [7, 11) is 0. The van der Waals surface area contributed by atoms with Crippen molar-refractivity contribution >= 4 is 5.97 Å². The molecule has 0 bridgehead atoms. The Bertz CT molecular complexity index is 2510. The number of aliphatic hydroxyl groups is 1. The molecule has 72 heavy (non-hydrogen) atoms. The Morgan fingerprint density at radius 3 is 1.43 bits per heavy atom. The second-order valence-electron chi connectivity index (χ2n) is 17.4. The lowest BCUT2D eigenvalue weighted by atomic mass is 9.96. The molecular formula is C57H61N3O12. The maximum Gasteiger partial charge on any atom is 0.338 e. The number of hydrogen-bond donors (Lipinski definition) is 1. The number of carbonyl (C=O) groups is 1. The molecule has 2 fully saturated rings. The molecular weight excluding hydrogens is 919 g/mol. The molecule has 6 aromatic carbocycles. The molecule has 0 unspecified atom stereocenters. The van der Waals surface area contributed by atoms with Gasteiger partial charge < -0.3 is 52.5 Å². The monoisotopic (exact) mass is 979 g/mol. The molecule has 0 spiro atoms. The van der Waals surface area contributed by atoms with Crippen LogP contribution in [0.2, 0.25) is 0 Å². The Morgan fingerprint density at radius 2 is 0.931 bits per heavy atom. The van der Waals surface area contributed by atoms with Crippen LogP contribution in [0.25, 0.3) is 10.4 Å². The predicted molar refractivity (Wildman–Crippen MR) is 266 cm³/mol. The normalized spacial score (nSPS) is 24.0. The second-order valence-corrected chi connectivity index (χ2v) is 17.4. The van der Waals surface area contributed by atoms with Crippen LogP contribution in [0.3, 0.4) is 0 Å². The molecule has 2 aliphatic heterocycles. The number of hydrogen-bond acceptors (Lipinski definition) is 13. The Hall–Kier alpha value is -6.30. The first-order chi connectivity index (χ1) is 35.5. The third kappa shape index (κ3) is 15.4. The number of rotatable bonds is 26. The van der Waals surface area contributed by atoms with E-state index in [2.05, 4.69) is 10.0 Å². The van der Waals surface area contributed by atoms with Crippen LogP contribution in [0.5, 0.6) is 0 Å². The molecule has 2 saturated heterocycles. The Labute approximate surface area is 420 Å². The van der Waals surface area contributed by atoms with Gasteiger partial charge >= 0.3 is 5.97 Å². The summed E-state index contributed by atoms with van der Waals surface area (Å²) in [4.78, 5) is 16.3. The quantitative estimate of drug-likeness (QED) is 0.0179. The Balaban J connectivity index is 1.18. The van der Waals surface area contributed by atoms with Gasteiger partial charge in [0, 0.05) is 18.1 Å². The summed E-state index contributed by atoms with van der Waals surface area (Å²) in [5.41, 5.74) is 13.8. The molecule has 0 saturated carbocycles. The largest absolute Gasteiger partial charge is 0.459 e. The summed E-state index contributed by atoms with van der Waals surface area (Å²) in [5.74, 6) is -0.595. The van der Waals surface area contributed by atoms with Gasteiger partial charge in [-0.15, -0.1) is 0 Å². The lowest BCUT2D eigenvalue weighted by Gasteiger charge is -2.49. The lowest BCUT2D eigenvalue weighted by Crippen LogP contribution is -2.66. The van der Waals surface area contributed by atoms with Gasteiger partial charge in [-0.3, -0.25) is 0 Å². The fourth-order valence-electron chi connectivity index (χ4n) is 8.47. The zero-order valence-corrected chi connectivity index (χ0v) is 39.9. The smallest absolute Gasteiger partial charge is 0.338 e. The molecule has 0 amide bonds. The highest BCUT2D eigenvalue weighted by Gasteiger charge is 2.54. The third-order valence-electron chi connectivity index (χ3n) is 12.2. The highest BCUT2D eigenvalue weighted by molar-refractivity contribution is 5.89. The van der Waals surface area contributed by atoms with Gasteiger partial charge in [-0.2, -0.15) is 0 Å². The second kappa shape index (κ2) is 28.1. The van der Waals surface area contributed by atoms with E-state index in [-0.39, 0.29) is 59.4 Å². The summed E-state index contributed by atoms with van der Waals surface area (Å²) < 4.78 is 67.0. The number of benzene rings is 6. The molecule has 2 heterocycles. The first-order valence-electron chi connectivity index (χ1n) is 24.2. The van der Waals surface area contributed by atoms with E-state index in [1.165, 1.54) is 0 Å². The van der Waals surface area contributed by atoms with E-state index in [1.54, 1.807) is 30.3 Å². The molecule has 1 N–H and O–H groups in total. The maximum atomic E-state index is 13.4. The van der Waals surface area contributed by atoms with Gasteiger partial charge in [0.05, 0.1) is 45.2 Å². The van der Waals surface area contributed by atoms with Crippen molar-refractivity contribution in [1.29, 1.82) is 0 Å². The molecule has 0 aromatic heterocycles. The van der Waals surface area contributed by atoms with Crippen LogP contribution < -0.4 is 0 Å². The number of azide groups is 1. The van der Waals surface area contributed by atoms with Crippen molar-refractivity contribution in [3.63, 3.8) is 0 Å². The van der Waals surface area contributed by atoms with Crippen molar-refractivity contribution in [3.05, 3.63) is 226 Å². The van der Waals surface area contributed by atoms with Gasteiger partial charge in [0.25, 0.3) is 0 Å². The molecule has 15 heteroatoms. The molecule has 2 aliphatic rings. The van der Waals surface area contributed by atoms with E-state index in [9.17, 15) is 9.90 Å². The van der Waals surface area contributed by atoms with Gasteiger partial charge in [-0.25, -0.2) is 4.79 Å². The zero-order valence-electron chi connectivity index (χ0n) is 39.9. The minimum atomic E-state index is -1.36. The summed E-state index contributed by atoms with van der Waals surface area (Å²) in [6.45, 7) is 0.831. The van der Waals surface area contributed by atoms with Crippen LogP contribution in [-0.2, 0) is 80.4 Å². The van der Waals surface area contributed by atoms with E-state index < -0.39 is 67.4 Å². The first kappa shape index (κ1) is 52.0. The van der Waals surface area contributed by atoms with Gasteiger partial charge in [-0.1, -0.05) is 175 Å². The highest BCUT2D eigenvalue weighted by Crippen LogP contribution is 2.36. The molecule has 8 rings (SSSR count). The van der Waals surface area contributed by atoms with Crippen molar-refractivity contribution in [1.82, 2.24) is 0 Å². The molecule has 376 valence electrons. The van der Waals surface area contributed by atoms with Crippen molar-refractivity contribution in [2.45, 2.75) is 101 Å². The van der Waals surface area contributed by atoms with E-state index in [0.29, 0.717) is 12.0 Å². The maximum absolute atomic E-state index is 13.4. The molecule has 6 aromatic rings. The van der Waals surface area contributed by atoms with Crippen molar-refractivity contribution < 1.29 is 57.3 Å². The average molecular weight is 980 g/mol. The number of nitrogens with zero attached hydrogens (tertiary/aromatic N) is 3. The fourth-order valence-corrected chi connectivity index (χ4v) is 8.47. The Morgan fingerprint density at radius 1 is 0.500 bits per heavy atom. The standard InChI is InChI=1S/C57H61N3O12/c58-60-59-32-19-33-64-56-54(68-38-45-28-15-5-16-29-45)52(66-36-43-24-11-3-12-25-43)50(48(71-56)39-63-34-41-20-7-1-8-21-41)72-57-53(67-37-44-26-13-4-14-27-44)51(65-35-42-22-9-2-10-23-42)49(61)47(70-57)40-69-55(62)46-30-17-6-18-31-46/h1-18,20-31,47-54,56-57,61H,19,32-40H2/t47-,48-,49+,50-,51+,52+,53-,54-,56-,57+/m1/s1. The topological polar surface area (TPSA) is 178 Å². The minimum absolute atomic E-state index is 0.00564. The van der Waals surface area contributed by atoms with Crippen molar-refractivity contribution in [2.24, 2.45) is 5.11 Å². The van der Waals surface area contributed by atoms with Gasteiger partial charge in [0.15, 0.2) is 12.6 Å². The summed E-state index contributed by atoms with van der Waals surface area (Å²) in [5, 5.41) is 16.0. The van der Waals surface area contributed by atoms with E-state index in [4.69, 9.17) is 52.9 Å². The highest BCUT2D eigenvalue weighted by atomic mass is 16.8. The van der Waals surface area contributed by atoms with Gasteiger partial charge in [-0.05, 0) is 51.9 Å². The van der Waals surface area contributed by atoms with Gasteiger partial charge in [0.2, 0.25) is 0 Å². The minimum Gasteiger partial charge on any atom is -0.459 e. The van der Waals surface area contributed by atoms with E-state index in [0.717, 1.165) is 27.8 Å². The van der Waals surface area contributed by atoms with Crippen LogP contribution in [0, 0.1) is 0 Å². The van der Waals surface area contributed by atoms with Crippen LogP contribution in [0.1, 0.15) is 44.6 Å². The first-order valence-corrected chi connectivity index (χ1v) is 24.2. The Kier molecular flexibility index (Phi) is 20.3. The van der Waals surface area contributed by atoms with E-state index in [1.807, 2.05) is 152 Å². The summed E-state index contributed by atoms with van der Waals surface area (Å²) in [6, 6.07) is 57.0. The van der Waals surface area contributed by atoms with Crippen LogP contribution in [-0.4, -0.2) is 98.9 Å². The summed E-state index contributed by atoms with van der Waals surface area (Å²) in [6.07, 6.45) is -10.4. The SMILES string of the molecule is [N-]=[N+]=NCCCO[C@@H]1O[C@H](COCc2ccccc2)[C@@H](O[C@@H]2O[C@H](COC(=O)c3ccccc3)[C@H](O)[C@H](OCc3ccccc3)[C@H]2OCc2ccccc2)[C@H](OCc2ccccc2)[C@H]1OCc1ccccc1. The predicted octanol–water partition coefficient (Wildman–Crippen LogP) is 9.31. The van der Waals surface area contributed by atoms with E-state index >= 15 is 0 Å². The lowest BCUT2D eigenvalue weighted by molar-refractivity contribution is -0.374. The molecule has 0 aliphatic carbocycles. The zero-order chi connectivity index (χ0) is 49.6. The molecule has 15 nitrogen and oxygen atoms in total. The molecule has 10 atom stereocenters.